The fraction of sp³-hybridized carbons (Fsp3) is 0.250. The Bertz CT molecular complexity index is 506. The minimum absolute atomic E-state index is 0.196. The predicted octanol–water partition coefficient (Wildman–Crippen LogP) is 1.02. The van der Waals surface area contributed by atoms with Crippen LogP contribution in [0.5, 0.6) is 0 Å². The van der Waals surface area contributed by atoms with E-state index < -0.39 is 0 Å². The van der Waals surface area contributed by atoms with E-state index in [1.165, 1.54) is 4.68 Å². The number of nitrogens with zero attached hydrogens (tertiary/aromatic N) is 5. The Morgan fingerprint density at radius 3 is 2.53 bits per heavy atom. The average molecular weight is 269 g/mol. The summed E-state index contributed by atoms with van der Waals surface area (Å²) >= 11 is 3.24. The van der Waals surface area contributed by atoms with Gasteiger partial charge in [0.2, 0.25) is 10.7 Å². The van der Waals surface area contributed by atoms with Crippen LogP contribution in [0.4, 0.5) is 5.95 Å². The fourth-order valence-electron chi connectivity index (χ4n) is 1.09. The van der Waals surface area contributed by atoms with Crippen molar-refractivity contribution in [2.24, 2.45) is 0 Å². The van der Waals surface area contributed by atoms with Crippen molar-refractivity contribution in [3.63, 3.8) is 0 Å². The van der Waals surface area contributed by atoms with Gasteiger partial charge in [-0.25, -0.2) is 4.98 Å². The monoisotopic (exact) mass is 268 g/mol. The topological polar surface area (TPSA) is 82.5 Å². The first-order valence-corrected chi connectivity index (χ1v) is 5.06. The molecule has 0 amide bonds. The summed E-state index contributed by atoms with van der Waals surface area (Å²) in [6.45, 7) is 3.79. The van der Waals surface area contributed by atoms with Crippen LogP contribution in [-0.4, -0.2) is 24.7 Å². The first-order valence-electron chi connectivity index (χ1n) is 4.26. The molecule has 2 heterocycles. The van der Waals surface area contributed by atoms with E-state index in [4.69, 9.17) is 5.73 Å². The number of anilines is 1. The second-order valence-electron chi connectivity index (χ2n) is 3.05. The van der Waals surface area contributed by atoms with E-state index in [2.05, 4.69) is 36.0 Å². The van der Waals surface area contributed by atoms with Gasteiger partial charge in [0.15, 0.2) is 5.82 Å². The van der Waals surface area contributed by atoms with Gasteiger partial charge >= 0.3 is 0 Å². The zero-order chi connectivity index (χ0) is 11.0. The summed E-state index contributed by atoms with van der Waals surface area (Å²) in [5.41, 5.74) is 7.21. The molecule has 7 heteroatoms. The molecule has 0 spiro atoms. The van der Waals surface area contributed by atoms with Gasteiger partial charge in [-0.2, -0.15) is 9.67 Å². The highest BCUT2D eigenvalue weighted by atomic mass is 79.9. The number of aromatic nitrogens is 5. The summed E-state index contributed by atoms with van der Waals surface area (Å²) in [5, 5.41) is 3.99. The highest BCUT2D eigenvalue weighted by Gasteiger charge is 2.09. The van der Waals surface area contributed by atoms with Crippen molar-refractivity contribution >= 4 is 21.9 Å². The largest absolute Gasteiger partial charge is 0.366 e. The van der Waals surface area contributed by atoms with Crippen molar-refractivity contribution in [1.29, 1.82) is 0 Å². The van der Waals surface area contributed by atoms with Crippen LogP contribution in [0.2, 0.25) is 0 Å². The summed E-state index contributed by atoms with van der Waals surface area (Å²) in [7, 11) is 0. The SMILES string of the molecule is Cc1ncc(-n2nc(N)nc2Br)nc1C. The molecule has 0 atom stereocenters. The number of nitrogen functional groups attached to an aromatic ring is 1. The Kier molecular flexibility index (Phi) is 2.39. The molecule has 2 aromatic heterocycles. The van der Waals surface area contributed by atoms with Crippen molar-refractivity contribution in [1.82, 2.24) is 24.7 Å². The number of hydrogen-bond acceptors (Lipinski definition) is 5. The average Bonchev–Trinajstić information content (AvgIpc) is 2.50. The molecule has 6 nitrogen and oxygen atoms in total. The molecular weight excluding hydrogens is 260 g/mol. The molecule has 0 aromatic carbocycles. The van der Waals surface area contributed by atoms with Gasteiger partial charge in [-0.05, 0) is 29.8 Å². The highest BCUT2D eigenvalue weighted by molar-refractivity contribution is 9.10. The van der Waals surface area contributed by atoms with E-state index in [1.807, 2.05) is 13.8 Å². The Labute approximate surface area is 94.7 Å². The van der Waals surface area contributed by atoms with Crippen LogP contribution >= 0.6 is 15.9 Å². The molecule has 0 unspecified atom stereocenters. The molecule has 0 bridgehead atoms. The van der Waals surface area contributed by atoms with Gasteiger partial charge in [-0.15, -0.1) is 5.10 Å². The molecule has 78 valence electrons. The molecule has 2 rings (SSSR count). The predicted molar refractivity (Wildman–Crippen MR) is 58.5 cm³/mol. The minimum atomic E-state index is 0.196. The number of hydrogen-bond donors (Lipinski definition) is 1. The first-order chi connectivity index (χ1) is 7.08. The molecule has 0 aliphatic rings. The summed E-state index contributed by atoms with van der Waals surface area (Å²) < 4.78 is 2.01. The summed E-state index contributed by atoms with van der Waals surface area (Å²) in [6.07, 6.45) is 1.63. The van der Waals surface area contributed by atoms with Crippen molar-refractivity contribution in [2.45, 2.75) is 13.8 Å². The second kappa shape index (κ2) is 3.58. The van der Waals surface area contributed by atoms with Gasteiger partial charge in [-0.1, -0.05) is 0 Å². The van der Waals surface area contributed by atoms with Crippen molar-refractivity contribution < 1.29 is 0 Å². The van der Waals surface area contributed by atoms with Crippen LogP contribution in [0.3, 0.4) is 0 Å². The molecule has 0 saturated carbocycles. The number of aryl methyl sites for hydroxylation is 2. The zero-order valence-corrected chi connectivity index (χ0v) is 9.85. The van der Waals surface area contributed by atoms with E-state index >= 15 is 0 Å². The van der Waals surface area contributed by atoms with Crippen LogP contribution in [0.1, 0.15) is 11.4 Å². The summed E-state index contributed by atoms with van der Waals surface area (Å²) in [5.74, 6) is 0.788. The Hall–Kier alpha value is -1.50. The van der Waals surface area contributed by atoms with Gasteiger partial charge < -0.3 is 5.73 Å². The quantitative estimate of drug-likeness (QED) is 0.835. The molecular formula is C8H9BrN6. The van der Waals surface area contributed by atoms with E-state index in [1.54, 1.807) is 6.20 Å². The third kappa shape index (κ3) is 1.82. The Morgan fingerprint density at radius 2 is 2.00 bits per heavy atom. The third-order valence-electron chi connectivity index (χ3n) is 1.98. The molecule has 0 aliphatic carbocycles. The fourth-order valence-corrected chi connectivity index (χ4v) is 1.53. The Balaban J connectivity index is 2.54. The van der Waals surface area contributed by atoms with E-state index in [-0.39, 0.29) is 5.95 Å². The van der Waals surface area contributed by atoms with E-state index in [0.717, 1.165) is 11.4 Å². The standard InChI is InChI=1S/C8H9BrN6/c1-4-5(2)12-6(3-11-4)15-7(9)13-8(10)14-15/h3H,1-2H3,(H2,10,14). The van der Waals surface area contributed by atoms with E-state index in [9.17, 15) is 0 Å². The van der Waals surface area contributed by atoms with Gasteiger partial charge in [0.25, 0.3) is 0 Å². The minimum Gasteiger partial charge on any atom is -0.366 e. The Morgan fingerprint density at radius 1 is 1.27 bits per heavy atom. The molecule has 15 heavy (non-hydrogen) atoms. The lowest BCUT2D eigenvalue weighted by Gasteiger charge is -2.03. The lowest BCUT2D eigenvalue weighted by molar-refractivity contribution is 0.807. The van der Waals surface area contributed by atoms with Gasteiger partial charge in [0, 0.05) is 0 Å². The van der Waals surface area contributed by atoms with Crippen LogP contribution in [-0.2, 0) is 0 Å². The molecule has 0 saturated heterocycles. The number of halogens is 1. The van der Waals surface area contributed by atoms with Crippen LogP contribution < -0.4 is 5.73 Å². The maximum absolute atomic E-state index is 5.46. The van der Waals surface area contributed by atoms with Gasteiger partial charge in [0.1, 0.15) is 0 Å². The number of nitrogens with two attached hydrogens (primary N) is 1. The maximum Gasteiger partial charge on any atom is 0.240 e. The van der Waals surface area contributed by atoms with Crippen molar-refractivity contribution in [3.8, 4) is 5.82 Å². The molecule has 2 aromatic rings. The normalized spacial score (nSPS) is 10.6. The van der Waals surface area contributed by atoms with Crippen LogP contribution in [0, 0.1) is 13.8 Å². The lowest BCUT2D eigenvalue weighted by atomic mass is 10.3. The zero-order valence-electron chi connectivity index (χ0n) is 8.27. The maximum atomic E-state index is 5.46. The first kappa shape index (κ1) is 10.0. The van der Waals surface area contributed by atoms with Crippen LogP contribution in [0.25, 0.3) is 5.82 Å². The second-order valence-corrected chi connectivity index (χ2v) is 3.76. The third-order valence-corrected chi connectivity index (χ3v) is 2.49. The molecule has 0 aliphatic heterocycles. The van der Waals surface area contributed by atoms with Crippen molar-refractivity contribution in [2.75, 3.05) is 5.73 Å². The van der Waals surface area contributed by atoms with Gasteiger partial charge in [0.05, 0.1) is 17.6 Å². The molecule has 0 radical (unpaired) electrons. The van der Waals surface area contributed by atoms with Crippen molar-refractivity contribution in [3.05, 3.63) is 22.3 Å². The smallest absolute Gasteiger partial charge is 0.240 e. The molecule has 0 fully saturated rings. The molecule has 2 N–H and O–H groups in total. The van der Waals surface area contributed by atoms with E-state index in [0.29, 0.717) is 10.6 Å². The number of rotatable bonds is 1. The van der Waals surface area contributed by atoms with Crippen LogP contribution in [0.15, 0.2) is 10.9 Å². The van der Waals surface area contributed by atoms with Gasteiger partial charge in [-0.3, -0.25) is 4.98 Å². The summed E-state index contributed by atoms with van der Waals surface area (Å²) in [6, 6.07) is 0. The summed E-state index contributed by atoms with van der Waals surface area (Å²) in [4.78, 5) is 12.4. The lowest BCUT2D eigenvalue weighted by Crippen LogP contribution is -2.04. The highest BCUT2D eigenvalue weighted by Crippen LogP contribution is 2.13.